The monoisotopic (exact) mass is 338 g/mol. The number of aliphatic hydroxyl groups excluding tert-OH is 1. The van der Waals surface area contributed by atoms with E-state index in [9.17, 15) is 9.90 Å². The van der Waals surface area contributed by atoms with Crippen LogP contribution in [0.25, 0.3) is 0 Å². The minimum absolute atomic E-state index is 0.0429. The molecule has 6 heteroatoms. The van der Waals surface area contributed by atoms with Crippen LogP contribution in [0.5, 0.6) is 0 Å². The first-order valence-electron chi connectivity index (χ1n) is 8.12. The lowest BCUT2D eigenvalue weighted by atomic mass is 9.58. The summed E-state index contributed by atoms with van der Waals surface area (Å²) < 4.78 is 5.78. The van der Waals surface area contributed by atoms with Crippen molar-refractivity contribution in [3.05, 3.63) is 34.9 Å². The molecule has 0 unspecified atom stereocenters. The SMILES string of the molecule is NCCO[C@@H]1C[C@H](O)C12CCN(C(=O)c1ccccc1Cl)CC2. The van der Waals surface area contributed by atoms with Gasteiger partial charge >= 0.3 is 0 Å². The number of aliphatic hydroxyl groups is 1. The topological polar surface area (TPSA) is 75.8 Å². The third kappa shape index (κ3) is 2.98. The molecule has 2 atom stereocenters. The van der Waals surface area contributed by atoms with Crippen LogP contribution >= 0.6 is 11.6 Å². The lowest BCUT2D eigenvalue weighted by Gasteiger charge is -2.56. The molecule has 23 heavy (non-hydrogen) atoms. The van der Waals surface area contributed by atoms with Crippen LogP contribution < -0.4 is 5.73 Å². The van der Waals surface area contributed by atoms with Crippen LogP contribution in [-0.2, 0) is 4.74 Å². The van der Waals surface area contributed by atoms with E-state index in [1.807, 2.05) is 17.0 Å². The maximum absolute atomic E-state index is 12.6. The van der Waals surface area contributed by atoms with Gasteiger partial charge in [-0.3, -0.25) is 4.79 Å². The average molecular weight is 339 g/mol. The Morgan fingerprint density at radius 1 is 1.39 bits per heavy atom. The number of ether oxygens (including phenoxy) is 1. The number of amides is 1. The van der Waals surface area contributed by atoms with Gasteiger partial charge in [-0.25, -0.2) is 0 Å². The van der Waals surface area contributed by atoms with Crippen molar-refractivity contribution in [1.29, 1.82) is 0 Å². The molecule has 1 aromatic rings. The zero-order chi connectivity index (χ0) is 16.4. The summed E-state index contributed by atoms with van der Waals surface area (Å²) in [5.41, 5.74) is 5.82. The first-order valence-corrected chi connectivity index (χ1v) is 8.50. The zero-order valence-electron chi connectivity index (χ0n) is 13.1. The van der Waals surface area contributed by atoms with Gasteiger partial charge in [-0.05, 0) is 25.0 Å². The Bertz CT molecular complexity index is 573. The predicted molar refractivity (Wildman–Crippen MR) is 88.4 cm³/mol. The number of piperidine rings is 1. The number of nitrogens with zero attached hydrogens (tertiary/aromatic N) is 1. The molecule has 2 aliphatic rings. The number of rotatable bonds is 4. The van der Waals surface area contributed by atoms with Crippen LogP contribution in [0.4, 0.5) is 0 Å². The summed E-state index contributed by atoms with van der Waals surface area (Å²) in [5, 5.41) is 10.7. The first kappa shape index (κ1) is 16.7. The van der Waals surface area contributed by atoms with Gasteiger partial charge in [0.25, 0.3) is 5.91 Å². The molecule has 1 amide bonds. The van der Waals surface area contributed by atoms with Crippen LogP contribution in [0.2, 0.25) is 5.02 Å². The molecule has 1 aromatic carbocycles. The van der Waals surface area contributed by atoms with Crippen molar-refractivity contribution >= 4 is 17.5 Å². The maximum atomic E-state index is 12.6. The third-order valence-corrected chi connectivity index (χ3v) is 5.59. The summed E-state index contributed by atoms with van der Waals surface area (Å²) in [4.78, 5) is 14.4. The highest BCUT2D eigenvalue weighted by molar-refractivity contribution is 6.33. The Hall–Kier alpha value is -1.14. The Morgan fingerprint density at radius 2 is 2.09 bits per heavy atom. The Balaban J connectivity index is 1.64. The smallest absolute Gasteiger partial charge is 0.255 e. The lowest BCUT2D eigenvalue weighted by molar-refractivity contribution is -0.207. The summed E-state index contributed by atoms with van der Waals surface area (Å²) in [6, 6.07) is 7.11. The van der Waals surface area contributed by atoms with Crippen molar-refractivity contribution in [2.45, 2.75) is 31.5 Å². The Morgan fingerprint density at radius 3 is 2.70 bits per heavy atom. The second-order valence-corrected chi connectivity index (χ2v) is 6.81. The molecule has 3 N–H and O–H groups in total. The molecule has 3 rings (SSSR count). The minimum Gasteiger partial charge on any atom is -0.392 e. The molecular weight excluding hydrogens is 316 g/mol. The highest BCUT2D eigenvalue weighted by Gasteiger charge is 2.56. The largest absolute Gasteiger partial charge is 0.392 e. The molecule has 0 radical (unpaired) electrons. The van der Waals surface area contributed by atoms with E-state index in [1.165, 1.54) is 0 Å². The fraction of sp³-hybridized carbons (Fsp3) is 0.588. The van der Waals surface area contributed by atoms with Crippen LogP contribution in [0, 0.1) is 5.41 Å². The summed E-state index contributed by atoms with van der Waals surface area (Å²) in [6.45, 7) is 2.23. The van der Waals surface area contributed by atoms with Gasteiger partial charge in [0.05, 0.1) is 29.4 Å². The number of hydrogen-bond donors (Lipinski definition) is 2. The Labute approximate surface area is 141 Å². The lowest BCUT2D eigenvalue weighted by Crippen LogP contribution is -2.62. The van der Waals surface area contributed by atoms with Crippen molar-refractivity contribution in [2.24, 2.45) is 11.1 Å². The van der Waals surface area contributed by atoms with E-state index in [-0.39, 0.29) is 23.5 Å². The van der Waals surface area contributed by atoms with Crippen LogP contribution in [0.1, 0.15) is 29.6 Å². The number of carbonyl (C=O) groups excluding carboxylic acids is 1. The van der Waals surface area contributed by atoms with Gasteiger partial charge in [0.2, 0.25) is 0 Å². The number of halogens is 1. The van der Waals surface area contributed by atoms with Gasteiger partial charge in [0.1, 0.15) is 0 Å². The van der Waals surface area contributed by atoms with Gasteiger partial charge in [0, 0.05) is 31.5 Å². The molecule has 0 aromatic heterocycles. The number of hydrogen-bond acceptors (Lipinski definition) is 4. The number of carbonyl (C=O) groups is 1. The van der Waals surface area contributed by atoms with Gasteiger partial charge in [-0.2, -0.15) is 0 Å². The van der Waals surface area contributed by atoms with E-state index in [0.717, 1.165) is 12.8 Å². The van der Waals surface area contributed by atoms with Crippen LogP contribution in [0.3, 0.4) is 0 Å². The van der Waals surface area contributed by atoms with Crippen molar-refractivity contribution in [1.82, 2.24) is 4.90 Å². The molecule has 0 bridgehead atoms. The molecule has 126 valence electrons. The average Bonchev–Trinajstić information content (AvgIpc) is 2.58. The second kappa shape index (κ2) is 6.77. The maximum Gasteiger partial charge on any atom is 0.255 e. The van der Waals surface area contributed by atoms with E-state index in [4.69, 9.17) is 22.1 Å². The molecule has 1 saturated heterocycles. The third-order valence-electron chi connectivity index (χ3n) is 5.26. The molecular formula is C17H23ClN2O3. The molecule has 1 spiro atoms. The van der Waals surface area contributed by atoms with Crippen molar-refractivity contribution in [2.75, 3.05) is 26.2 Å². The van der Waals surface area contributed by atoms with Crippen molar-refractivity contribution in [3.63, 3.8) is 0 Å². The fourth-order valence-electron chi connectivity index (χ4n) is 3.76. The normalized spacial score (nSPS) is 26.1. The van der Waals surface area contributed by atoms with Crippen LogP contribution in [-0.4, -0.2) is 54.4 Å². The van der Waals surface area contributed by atoms with Gasteiger partial charge in [0.15, 0.2) is 0 Å². The molecule has 1 heterocycles. The number of nitrogens with two attached hydrogens (primary N) is 1. The summed E-state index contributed by atoms with van der Waals surface area (Å²) >= 11 is 6.12. The van der Waals surface area contributed by atoms with E-state index in [2.05, 4.69) is 0 Å². The van der Waals surface area contributed by atoms with Crippen LogP contribution in [0.15, 0.2) is 24.3 Å². The fourth-order valence-corrected chi connectivity index (χ4v) is 3.97. The standard InChI is InChI=1S/C17H23ClN2O3/c18-13-4-2-1-3-12(13)16(22)20-8-5-17(6-9-20)14(21)11-15(17)23-10-7-19/h1-4,14-15,21H,5-11,19H2/t14-,15+/m0/s1. The molecule has 1 aliphatic heterocycles. The predicted octanol–water partition coefficient (Wildman–Crippen LogP) is 1.67. The van der Waals surface area contributed by atoms with E-state index < -0.39 is 0 Å². The van der Waals surface area contributed by atoms with E-state index in [0.29, 0.717) is 43.2 Å². The van der Waals surface area contributed by atoms with Gasteiger partial charge < -0.3 is 20.5 Å². The number of likely N-dealkylation sites (tertiary alicyclic amines) is 1. The highest BCUT2D eigenvalue weighted by atomic mass is 35.5. The second-order valence-electron chi connectivity index (χ2n) is 6.40. The van der Waals surface area contributed by atoms with E-state index in [1.54, 1.807) is 12.1 Å². The minimum atomic E-state index is -0.345. The Kier molecular flexibility index (Phi) is 4.92. The zero-order valence-corrected chi connectivity index (χ0v) is 13.8. The van der Waals surface area contributed by atoms with E-state index >= 15 is 0 Å². The van der Waals surface area contributed by atoms with Gasteiger partial charge in [-0.1, -0.05) is 23.7 Å². The van der Waals surface area contributed by atoms with Gasteiger partial charge in [-0.15, -0.1) is 0 Å². The summed E-state index contributed by atoms with van der Waals surface area (Å²) in [6.07, 6.45) is 1.87. The molecule has 1 saturated carbocycles. The first-order chi connectivity index (χ1) is 11.1. The summed E-state index contributed by atoms with van der Waals surface area (Å²) in [7, 11) is 0. The molecule has 1 aliphatic carbocycles. The van der Waals surface area contributed by atoms with Crippen molar-refractivity contribution < 1.29 is 14.6 Å². The molecule has 2 fully saturated rings. The van der Waals surface area contributed by atoms with Crippen molar-refractivity contribution in [3.8, 4) is 0 Å². The summed E-state index contributed by atoms with van der Waals surface area (Å²) in [5.74, 6) is -0.0429. The molecule has 5 nitrogen and oxygen atoms in total. The number of benzene rings is 1. The highest BCUT2D eigenvalue weighted by Crippen LogP contribution is 2.51. The quantitative estimate of drug-likeness (QED) is 0.875.